The molecule has 76 valence electrons. The maximum atomic E-state index is 4.34. The van der Waals surface area contributed by atoms with Crippen molar-refractivity contribution in [2.45, 2.75) is 20.3 Å². The first-order chi connectivity index (χ1) is 7.25. The SMILES string of the molecule is Cc1ccc(C)c(Cc2ccccn2)c1. The van der Waals surface area contributed by atoms with Gasteiger partial charge in [0.1, 0.15) is 0 Å². The molecule has 0 saturated carbocycles. The fourth-order valence-corrected chi connectivity index (χ4v) is 1.69. The quantitative estimate of drug-likeness (QED) is 0.720. The lowest BCUT2D eigenvalue weighted by molar-refractivity contribution is 1.05. The molecule has 2 rings (SSSR count). The Hall–Kier alpha value is -1.63. The van der Waals surface area contributed by atoms with Crippen LogP contribution in [0, 0.1) is 13.8 Å². The maximum Gasteiger partial charge on any atom is 0.0447 e. The predicted octanol–water partition coefficient (Wildman–Crippen LogP) is 3.29. The molecule has 1 nitrogen and oxygen atoms in total. The lowest BCUT2D eigenvalue weighted by atomic mass is 10.0. The summed E-state index contributed by atoms with van der Waals surface area (Å²) in [6.45, 7) is 4.28. The van der Waals surface area contributed by atoms with E-state index < -0.39 is 0 Å². The fourth-order valence-electron chi connectivity index (χ4n) is 1.69. The molecule has 0 amide bonds. The van der Waals surface area contributed by atoms with E-state index in [0.717, 1.165) is 12.1 Å². The number of benzene rings is 1. The van der Waals surface area contributed by atoms with E-state index >= 15 is 0 Å². The molecule has 1 aromatic carbocycles. The summed E-state index contributed by atoms with van der Waals surface area (Å²) in [5.41, 5.74) is 5.15. The van der Waals surface area contributed by atoms with E-state index in [1.54, 1.807) is 0 Å². The van der Waals surface area contributed by atoms with Crippen molar-refractivity contribution < 1.29 is 0 Å². The molecule has 0 atom stereocenters. The summed E-state index contributed by atoms with van der Waals surface area (Å²) < 4.78 is 0. The highest BCUT2D eigenvalue weighted by Crippen LogP contribution is 2.14. The molecule has 0 radical (unpaired) electrons. The minimum absolute atomic E-state index is 0.925. The number of rotatable bonds is 2. The van der Waals surface area contributed by atoms with Crippen molar-refractivity contribution in [2.24, 2.45) is 0 Å². The van der Waals surface area contributed by atoms with Crippen LogP contribution in [0.15, 0.2) is 42.6 Å². The minimum atomic E-state index is 0.925. The van der Waals surface area contributed by atoms with Crippen LogP contribution in [-0.4, -0.2) is 4.98 Å². The van der Waals surface area contributed by atoms with Gasteiger partial charge in [0, 0.05) is 18.3 Å². The molecule has 0 aliphatic rings. The van der Waals surface area contributed by atoms with Gasteiger partial charge in [-0.15, -0.1) is 0 Å². The Morgan fingerprint density at radius 1 is 1.07 bits per heavy atom. The first kappa shape index (κ1) is 9.91. The molecule has 0 saturated heterocycles. The van der Waals surface area contributed by atoms with Crippen molar-refractivity contribution in [3.05, 3.63) is 65.0 Å². The summed E-state index contributed by atoms with van der Waals surface area (Å²) in [7, 11) is 0. The number of pyridine rings is 1. The van der Waals surface area contributed by atoms with E-state index in [0.29, 0.717) is 0 Å². The van der Waals surface area contributed by atoms with Crippen molar-refractivity contribution in [2.75, 3.05) is 0 Å². The van der Waals surface area contributed by atoms with Crippen LogP contribution in [-0.2, 0) is 6.42 Å². The molecule has 0 fully saturated rings. The van der Waals surface area contributed by atoms with E-state index in [9.17, 15) is 0 Å². The van der Waals surface area contributed by atoms with Gasteiger partial charge in [0.2, 0.25) is 0 Å². The molecule has 0 aliphatic heterocycles. The van der Waals surface area contributed by atoms with Crippen LogP contribution in [0.4, 0.5) is 0 Å². The Morgan fingerprint density at radius 3 is 2.67 bits per heavy atom. The third kappa shape index (κ3) is 2.44. The van der Waals surface area contributed by atoms with Gasteiger partial charge in [-0.05, 0) is 37.1 Å². The van der Waals surface area contributed by atoms with E-state index in [1.807, 2.05) is 18.3 Å². The zero-order chi connectivity index (χ0) is 10.7. The summed E-state index contributed by atoms with van der Waals surface area (Å²) >= 11 is 0. The third-order valence-electron chi connectivity index (χ3n) is 2.60. The molecular weight excluding hydrogens is 182 g/mol. The number of aryl methyl sites for hydroxylation is 2. The number of hydrogen-bond donors (Lipinski definition) is 0. The second-order valence-electron chi connectivity index (χ2n) is 3.93. The molecule has 0 bridgehead atoms. The summed E-state index contributed by atoms with van der Waals surface area (Å²) in [5, 5.41) is 0. The van der Waals surface area contributed by atoms with Gasteiger partial charge >= 0.3 is 0 Å². The first-order valence-electron chi connectivity index (χ1n) is 5.22. The van der Waals surface area contributed by atoms with Crippen molar-refractivity contribution in [1.82, 2.24) is 4.98 Å². The van der Waals surface area contributed by atoms with Crippen LogP contribution in [0.3, 0.4) is 0 Å². The topological polar surface area (TPSA) is 12.9 Å². The second kappa shape index (κ2) is 4.26. The average molecular weight is 197 g/mol. The van der Waals surface area contributed by atoms with Crippen LogP contribution in [0.5, 0.6) is 0 Å². The van der Waals surface area contributed by atoms with Gasteiger partial charge in [-0.25, -0.2) is 0 Å². The van der Waals surface area contributed by atoms with Gasteiger partial charge in [0.05, 0.1) is 0 Å². The number of aromatic nitrogens is 1. The van der Waals surface area contributed by atoms with Crippen molar-refractivity contribution in [3.63, 3.8) is 0 Å². The first-order valence-corrected chi connectivity index (χ1v) is 5.22. The molecule has 15 heavy (non-hydrogen) atoms. The normalized spacial score (nSPS) is 10.3. The van der Waals surface area contributed by atoms with Crippen LogP contribution >= 0.6 is 0 Å². The third-order valence-corrected chi connectivity index (χ3v) is 2.60. The number of hydrogen-bond acceptors (Lipinski definition) is 1. The smallest absolute Gasteiger partial charge is 0.0447 e. The number of nitrogens with zero attached hydrogens (tertiary/aromatic N) is 1. The molecule has 2 aromatic rings. The van der Waals surface area contributed by atoms with Crippen molar-refractivity contribution >= 4 is 0 Å². The molecule has 1 aromatic heterocycles. The van der Waals surface area contributed by atoms with E-state index in [1.165, 1.54) is 16.7 Å². The van der Waals surface area contributed by atoms with Crippen LogP contribution in [0.2, 0.25) is 0 Å². The van der Waals surface area contributed by atoms with Gasteiger partial charge in [0.15, 0.2) is 0 Å². The fraction of sp³-hybridized carbons (Fsp3) is 0.214. The Bertz CT molecular complexity index is 446. The summed E-state index contributed by atoms with van der Waals surface area (Å²) in [5.74, 6) is 0. The van der Waals surface area contributed by atoms with E-state index in [-0.39, 0.29) is 0 Å². The van der Waals surface area contributed by atoms with Gasteiger partial charge in [-0.1, -0.05) is 29.8 Å². The zero-order valence-electron chi connectivity index (χ0n) is 9.20. The molecule has 0 unspecified atom stereocenters. The predicted molar refractivity (Wildman–Crippen MR) is 63.0 cm³/mol. The van der Waals surface area contributed by atoms with Gasteiger partial charge in [-0.2, -0.15) is 0 Å². The van der Waals surface area contributed by atoms with Crippen LogP contribution in [0.25, 0.3) is 0 Å². The van der Waals surface area contributed by atoms with Crippen LogP contribution in [0.1, 0.15) is 22.4 Å². The van der Waals surface area contributed by atoms with Crippen molar-refractivity contribution in [3.8, 4) is 0 Å². The van der Waals surface area contributed by atoms with Gasteiger partial charge in [0.25, 0.3) is 0 Å². The lowest BCUT2D eigenvalue weighted by Gasteiger charge is -2.06. The Labute approximate surface area is 90.8 Å². The highest BCUT2D eigenvalue weighted by molar-refractivity contribution is 5.33. The molecule has 1 heteroatoms. The summed E-state index contributed by atoms with van der Waals surface area (Å²) in [6.07, 6.45) is 2.77. The lowest BCUT2D eigenvalue weighted by Crippen LogP contribution is -1.94. The molecule has 0 spiro atoms. The van der Waals surface area contributed by atoms with Crippen molar-refractivity contribution in [1.29, 1.82) is 0 Å². The zero-order valence-corrected chi connectivity index (χ0v) is 9.20. The highest BCUT2D eigenvalue weighted by atomic mass is 14.7. The Morgan fingerprint density at radius 2 is 1.93 bits per heavy atom. The Balaban J connectivity index is 2.28. The monoisotopic (exact) mass is 197 g/mol. The summed E-state index contributed by atoms with van der Waals surface area (Å²) in [4.78, 5) is 4.34. The molecule has 1 heterocycles. The van der Waals surface area contributed by atoms with Gasteiger partial charge in [-0.3, -0.25) is 4.98 Å². The standard InChI is InChI=1S/C14H15N/c1-11-6-7-12(2)13(9-11)10-14-5-3-4-8-15-14/h3-9H,10H2,1-2H3. The van der Waals surface area contributed by atoms with E-state index in [4.69, 9.17) is 0 Å². The largest absolute Gasteiger partial charge is 0.261 e. The molecule has 0 aliphatic carbocycles. The molecule has 0 N–H and O–H groups in total. The minimum Gasteiger partial charge on any atom is -0.261 e. The highest BCUT2D eigenvalue weighted by Gasteiger charge is 2.00. The van der Waals surface area contributed by atoms with E-state index in [2.05, 4.69) is 43.1 Å². The maximum absolute atomic E-state index is 4.34. The van der Waals surface area contributed by atoms with Gasteiger partial charge < -0.3 is 0 Å². The molecular formula is C14H15N. The summed E-state index contributed by atoms with van der Waals surface area (Å²) in [6, 6.07) is 12.6. The second-order valence-corrected chi connectivity index (χ2v) is 3.93. The Kier molecular flexibility index (Phi) is 2.82. The van der Waals surface area contributed by atoms with Crippen LogP contribution < -0.4 is 0 Å². The average Bonchev–Trinajstić information content (AvgIpc) is 2.25.